The van der Waals surface area contributed by atoms with Crippen LogP contribution in [0.25, 0.3) is 0 Å². The van der Waals surface area contributed by atoms with Crippen molar-refractivity contribution in [1.82, 2.24) is 5.32 Å². The molecule has 0 heterocycles. The maximum absolute atomic E-state index is 11.1. The van der Waals surface area contributed by atoms with Gasteiger partial charge in [-0.05, 0) is 19.8 Å². The predicted molar refractivity (Wildman–Crippen MR) is 39.8 cm³/mol. The summed E-state index contributed by atoms with van der Waals surface area (Å²) in [7, 11) is 0. The first kappa shape index (κ1) is 8.83. The number of carboxylic acid groups (broad SMARTS) is 1. The van der Waals surface area contributed by atoms with Crippen molar-refractivity contribution in [1.29, 1.82) is 0 Å². The fraction of sp³-hybridized carbons (Fsp3) is 0.714. The quantitative estimate of drug-likeness (QED) is 0.604. The Balaban J connectivity index is 2.48. The topological polar surface area (TPSA) is 75.6 Å². The molecule has 1 amide bonds. The van der Waals surface area contributed by atoms with Crippen molar-refractivity contribution in [2.24, 2.45) is 0 Å². The summed E-state index contributed by atoms with van der Waals surface area (Å²) in [5.41, 5.74) is -0.929. The van der Waals surface area contributed by atoms with Gasteiger partial charge in [0.2, 0.25) is 0 Å². The number of ether oxygens (including phenoxy) is 1. The first-order valence-electron chi connectivity index (χ1n) is 3.79. The monoisotopic (exact) mass is 173 g/mol. The van der Waals surface area contributed by atoms with Crippen molar-refractivity contribution in [3.8, 4) is 0 Å². The molecule has 5 heteroatoms. The number of carbonyl (C=O) groups is 2. The van der Waals surface area contributed by atoms with Crippen molar-refractivity contribution < 1.29 is 19.4 Å². The minimum absolute atomic E-state index is 0.280. The van der Waals surface area contributed by atoms with E-state index in [4.69, 9.17) is 9.84 Å². The molecular formula is C7H11NO4. The smallest absolute Gasteiger partial charge is 0.405 e. The minimum Gasteiger partial charge on any atom is -0.465 e. The fourth-order valence-corrected chi connectivity index (χ4v) is 0.979. The molecule has 0 bridgehead atoms. The van der Waals surface area contributed by atoms with Gasteiger partial charge >= 0.3 is 12.1 Å². The molecule has 1 saturated carbocycles. The van der Waals surface area contributed by atoms with Crippen molar-refractivity contribution in [2.45, 2.75) is 25.3 Å². The van der Waals surface area contributed by atoms with Crippen molar-refractivity contribution in [3.63, 3.8) is 0 Å². The van der Waals surface area contributed by atoms with Crippen LogP contribution in [-0.4, -0.2) is 29.3 Å². The van der Waals surface area contributed by atoms with Gasteiger partial charge in [-0.3, -0.25) is 0 Å². The molecule has 68 valence electrons. The third kappa shape index (κ3) is 1.66. The molecular weight excluding hydrogens is 162 g/mol. The number of hydrogen-bond donors (Lipinski definition) is 2. The summed E-state index contributed by atoms with van der Waals surface area (Å²) < 4.78 is 4.71. The molecule has 12 heavy (non-hydrogen) atoms. The minimum atomic E-state index is -1.18. The Kier molecular flexibility index (Phi) is 2.21. The third-order valence-corrected chi connectivity index (χ3v) is 1.76. The van der Waals surface area contributed by atoms with E-state index in [-0.39, 0.29) is 6.61 Å². The highest BCUT2D eigenvalue weighted by atomic mass is 16.5. The highest BCUT2D eigenvalue weighted by Crippen LogP contribution is 2.36. The molecule has 1 aliphatic carbocycles. The molecule has 0 aromatic heterocycles. The largest absolute Gasteiger partial charge is 0.465 e. The second-order valence-corrected chi connectivity index (χ2v) is 2.73. The number of rotatable bonds is 3. The first-order valence-corrected chi connectivity index (χ1v) is 3.79. The van der Waals surface area contributed by atoms with Crippen LogP contribution in [0.1, 0.15) is 19.8 Å². The second-order valence-electron chi connectivity index (χ2n) is 2.73. The van der Waals surface area contributed by atoms with Crippen LogP contribution in [0.15, 0.2) is 0 Å². The molecule has 0 aromatic rings. The normalized spacial score (nSPS) is 18.1. The van der Waals surface area contributed by atoms with Crippen LogP contribution < -0.4 is 5.32 Å². The molecule has 1 fully saturated rings. The van der Waals surface area contributed by atoms with Crippen LogP contribution in [0, 0.1) is 0 Å². The zero-order chi connectivity index (χ0) is 9.19. The molecule has 0 aromatic carbocycles. The lowest BCUT2D eigenvalue weighted by atomic mass is 10.3. The summed E-state index contributed by atoms with van der Waals surface area (Å²) in [5.74, 6) is -0.465. The number of esters is 1. The number of carbonyl (C=O) groups excluding carboxylic acids is 1. The lowest BCUT2D eigenvalue weighted by molar-refractivity contribution is -0.146. The van der Waals surface area contributed by atoms with Crippen LogP contribution >= 0.6 is 0 Å². The summed E-state index contributed by atoms with van der Waals surface area (Å²) in [6.45, 7) is 1.97. The summed E-state index contributed by atoms with van der Waals surface area (Å²) in [6.07, 6.45) is -0.100. The van der Waals surface area contributed by atoms with Gasteiger partial charge in [0.15, 0.2) is 0 Å². The molecule has 2 N–H and O–H groups in total. The SMILES string of the molecule is CCOC(=O)C1(NC(=O)O)CC1. The average molecular weight is 173 g/mol. The van der Waals surface area contributed by atoms with Crippen molar-refractivity contribution >= 4 is 12.1 Å². The Morgan fingerprint density at radius 1 is 1.58 bits per heavy atom. The lowest BCUT2D eigenvalue weighted by Gasteiger charge is -2.12. The number of nitrogens with one attached hydrogen (secondary N) is 1. The summed E-state index contributed by atoms with van der Waals surface area (Å²) in [4.78, 5) is 21.4. The Morgan fingerprint density at radius 2 is 2.17 bits per heavy atom. The van der Waals surface area contributed by atoms with Gasteiger partial charge in [-0.2, -0.15) is 0 Å². The molecule has 1 aliphatic rings. The van der Waals surface area contributed by atoms with Gasteiger partial charge in [0.1, 0.15) is 5.54 Å². The van der Waals surface area contributed by atoms with Gasteiger partial charge in [0, 0.05) is 0 Å². The van der Waals surface area contributed by atoms with Crippen LogP contribution in [-0.2, 0) is 9.53 Å². The standard InChI is InChI=1S/C7H11NO4/c1-2-12-5(9)7(3-4-7)8-6(10)11/h8H,2-4H2,1H3,(H,10,11). The van der Waals surface area contributed by atoms with Crippen LogP contribution in [0.5, 0.6) is 0 Å². The number of amides is 1. The predicted octanol–water partition coefficient (Wildman–Crippen LogP) is 0.350. The Labute approximate surface area is 69.7 Å². The zero-order valence-electron chi connectivity index (χ0n) is 6.79. The summed E-state index contributed by atoms with van der Waals surface area (Å²) >= 11 is 0. The Bertz CT molecular complexity index is 209. The highest BCUT2D eigenvalue weighted by Gasteiger charge is 2.52. The molecule has 0 radical (unpaired) electrons. The maximum Gasteiger partial charge on any atom is 0.405 e. The van der Waals surface area contributed by atoms with Crippen LogP contribution in [0.2, 0.25) is 0 Å². The molecule has 0 atom stereocenters. The van der Waals surface area contributed by atoms with Gasteiger partial charge in [0.25, 0.3) is 0 Å². The van der Waals surface area contributed by atoms with E-state index in [1.165, 1.54) is 0 Å². The Morgan fingerprint density at radius 3 is 2.50 bits per heavy atom. The van der Waals surface area contributed by atoms with Crippen LogP contribution in [0.4, 0.5) is 4.79 Å². The first-order chi connectivity index (χ1) is 5.60. The van der Waals surface area contributed by atoms with E-state index in [9.17, 15) is 9.59 Å². The molecule has 1 rings (SSSR count). The fourth-order valence-electron chi connectivity index (χ4n) is 0.979. The van der Waals surface area contributed by atoms with E-state index in [0.29, 0.717) is 12.8 Å². The van der Waals surface area contributed by atoms with Crippen LogP contribution in [0.3, 0.4) is 0 Å². The van der Waals surface area contributed by atoms with Gasteiger partial charge in [-0.25, -0.2) is 9.59 Å². The molecule has 0 aliphatic heterocycles. The van der Waals surface area contributed by atoms with E-state index >= 15 is 0 Å². The van der Waals surface area contributed by atoms with E-state index in [1.54, 1.807) is 6.92 Å². The molecule has 0 unspecified atom stereocenters. The summed E-state index contributed by atoms with van der Waals surface area (Å²) in [6, 6.07) is 0. The average Bonchev–Trinajstić information content (AvgIpc) is 2.69. The zero-order valence-corrected chi connectivity index (χ0v) is 6.79. The molecule has 0 spiro atoms. The van der Waals surface area contributed by atoms with Gasteiger partial charge in [-0.1, -0.05) is 0 Å². The summed E-state index contributed by atoms with van der Waals surface area (Å²) in [5, 5.41) is 10.5. The van der Waals surface area contributed by atoms with Gasteiger partial charge in [0.05, 0.1) is 6.61 Å². The third-order valence-electron chi connectivity index (χ3n) is 1.76. The van der Waals surface area contributed by atoms with E-state index < -0.39 is 17.6 Å². The second kappa shape index (κ2) is 3.00. The van der Waals surface area contributed by atoms with Gasteiger partial charge < -0.3 is 15.2 Å². The van der Waals surface area contributed by atoms with Crippen molar-refractivity contribution in [2.75, 3.05) is 6.61 Å². The van der Waals surface area contributed by atoms with E-state index in [1.807, 2.05) is 0 Å². The number of hydrogen-bond acceptors (Lipinski definition) is 3. The van der Waals surface area contributed by atoms with Crippen molar-refractivity contribution in [3.05, 3.63) is 0 Å². The van der Waals surface area contributed by atoms with E-state index in [2.05, 4.69) is 5.32 Å². The maximum atomic E-state index is 11.1. The molecule has 0 saturated heterocycles. The van der Waals surface area contributed by atoms with E-state index in [0.717, 1.165) is 0 Å². The lowest BCUT2D eigenvalue weighted by Crippen LogP contribution is -2.43. The van der Waals surface area contributed by atoms with Gasteiger partial charge in [-0.15, -0.1) is 0 Å². The highest BCUT2D eigenvalue weighted by molar-refractivity contribution is 5.88. The molecule has 5 nitrogen and oxygen atoms in total. The Hall–Kier alpha value is -1.26.